The molecular weight excluding hydrogens is 388 g/mol. The van der Waals surface area contributed by atoms with Gasteiger partial charge in [0, 0.05) is 13.1 Å². The number of methoxy groups -OCH3 is 1. The smallest absolute Gasteiger partial charge is 0.257 e. The summed E-state index contributed by atoms with van der Waals surface area (Å²) in [5, 5.41) is 2.93. The molecule has 6 nitrogen and oxygen atoms in total. The van der Waals surface area contributed by atoms with Crippen molar-refractivity contribution < 1.29 is 17.9 Å². The number of aryl methyl sites for hydroxylation is 1. The predicted octanol–water partition coefficient (Wildman–Crippen LogP) is 3.69. The first-order valence-electron chi connectivity index (χ1n) is 8.58. The third kappa shape index (κ3) is 4.10. The Morgan fingerprint density at radius 1 is 1.15 bits per heavy atom. The van der Waals surface area contributed by atoms with E-state index in [-0.39, 0.29) is 15.5 Å². The van der Waals surface area contributed by atoms with Gasteiger partial charge in [0.1, 0.15) is 5.75 Å². The van der Waals surface area contributed by atoms with E-state index in [2.05, 4.69) is 5.32 Å². The maximum absolute atomic E-state index is 12.8. The Balaban J connectivity index is 1.93. The molecule has 0 radical (unpaired) electrons. The number of anilines is 1. The predicted molar refractivity (Wildman–Crippen MR) is 105 cm³/mol. The van der Waals surface area contributed by atoms with Gasteiger partial charge < -0.3 is 10.1 Å². The summed E-state index contributed by atoms with van der Waals surface area (Å²) in [6.45, 7) is 2.88. The van der Waals surface area contributed by atoms with Gasteiger partial charge in [0.15, 0.2) is 0 Å². The van der Waals surface area contributed by atoms with Gasteiger partial charge in [0.2, 0.25) is 10.0 Å². The second kappa shape index (κ2) is 7.88. The van der Waals surface area contributed by atoms with Gasteiger partial charge in [0.25, 0.3) is 5.91 Å². The summed E-state index contributed by atoms with van der Waals surface area (Å²) in [6.07, 6.45) is 1.68. The SMILES string of the molecule is COc1ccc(C)cc1NC(=O)c1cc(S(=O)(=O)N2CCCC2)ccc1Cl. The van der Waals surface area contributed by atoms with Crippen LogP contribution in [0.25, 0.3) is 0 Å². The second-order valence-electron chi connectivity index (χ2n) is 6.41. The quantitative estimate of drug-likeness (QED) is 0.818. The number of sulfonamides is 1. The number of nitrogens with zero attached hydrogens (tertiary/aromatic N) is 1. The van der Waals surface area contributed by atoms with Gasteiger partial charge in [-0.05, 0) is 55.7 Å². The van der Waals surface area contributed by atoms with Gasteiger partial charge in [-0.15, -0.1) is 0 Å². The van der Waals surface area contributed by atoms with Crippen LogP contribution in [0.2, 0.25) is 5.02 Å². The van der Waals surface area contributed by atoms with E-state index < -0.39 is 15.9 Å². The van der Waals surface area contributed by atoms with Crippen LogP contribution in [-0.2, 0) is 10.0 Å². The van der Waals surface area contributed by atoms with E-state index in [1.165, 1.54) is 29.6 Å². The molecule has 3 rings (SSSR count). The van der Waals surface area contributed by atoms with Crippen molar-refractivity contribution in [3.8, 4) is 5.75 Å². The molecule has 1 saturated heterocycles. The van der Waals surface area contributed by atoms with E-state index in [0.717, 1.165) is 18.4 Å². The number of nitrogens with one attached hydrogen (secondary N) is 1. The molecule has 1 aliphatic rings. The monoisotopic (exact) mass is 408 g/mol. The molecule has 1 N–H and O–H groups in total. The molecule has 1 aliphatic heterocycles. The van der Waals surface area contributed by atoms with E-state index in [9.17, 15) is 13.2 Å². The number of ether oxygens (including phenoxy) is 1. The molecule has 2 aromatic rings. The van der Waals surface area contributed by atoms with Gasteiger partial charge in [-0.3, -0.25) is 4.79 Å². The number of halogens is 1. The van der Waals surface area contributed by atoms with Gasteiger partial charge >= 0.3 is 0 Å². The fourth-order valence-electron chi connectivity index (χ4n) is 3.03. The average Bonchev–Trinajstić information content (AvgIpc) is 3.17. The zero-order valence-corrected chi connectivity index (χ0v) is 16.7. The maximum Gasteiger partial charge on any atom is 0.257 e. The summed E-state index contributed by atoms with van der Waals surface area (Å²) in [6, 6.07) is 9.58. The van der Waals surface area contributed by atoms with Crippen molar-refractivity contribution in [3.63, 3.8) is 0 Å². The highest BCUT2D eigenvalue weighted by molar-refractivity contribution is 7.89. The summed E-state index contributed by atoms with van der Waals surface area (Å²) in [5.74, 6) is 0.00767. The minimum Gasteiger partial charge on any atom is -0.495 e. The normalized spacial score (nSPS) is 14.9. The molecular formula is C19H21ClN2O4S. The lowest BCUT2D eigenvalue weighted by Crippen LogP contribution is -2.28. The lowest BCUT2D eigenvalue weighted by atomic mass is 10.1. The third-order valence-electron chi connectivity index (χ3n) is 4.49. The third-order valence-corrected chi connectivity index (χ3v) is 6.71. The van der Waals surface area contributed by atoms with Crippen LogP contribution >= 0.6 is 11.6 Å². The van der Waals surface area contributed by atoms with Gasteiger partial charge in [-0.1, -0.05) is 17.7 Å². The summed E-state index contributed by atoms with van der Waals surface area (Å²) in [4.78, 5) is 12.8. The first kappa shape index (κ1) is 19.7. The van der Waals surface area contributed by atoms with Crippen LogP contribution in [0.15, 0.2) is 41.3 Å². The van der Waals surface area contributed by atoms with Crippen molar-refractivity contribution in [3.05, 3.63) is 52.5 Å². The first-order chi connectivity index (χ1) is 12.8. The number of carbonyl (C=O) groups excluding carboxylic acids is 1. The van der Waals surface area contributed by atoms with E-state index in [1.54, 1.807) is 12.1 Å². The van der Waals surface area contributed by atoms with Crippen molar-refractivity contribution in [2.75, 3.05) is 25.5 Å². The molecule has 0 aliphatic carbocycles. The van der Waals surface area contributed by atoms with E-state index in [1.807, 2.05) is 13.0 Å². The van der Waals surface area contributed by atoms with Crippen LogP contribution in [0.4, 0.5) is 5.69 Å². The number of benzene rings is 2. The number of rotatable bonds is 5. The largest absolute Gasteiger partial charge is 0.495 e. The minimum absolute atomic E-state index is 0.0650. The first-order valence-corrected chi connectivity index (χ1v) is 10.4. The summed E-state index contributed by atoms with van der Waals surface area (Å²) < 4.78 is 32.2. The van der Waals surface area contributed by atoms with Crippen LogP contribution in [0, 0.1) is 6.92 Å². The Bertz CT molecular complexity index is 970. The summed E-state index contributed by atoms with van der Waals surface area (Å²) in [7, 11) is -2.12. The number of hydrogen-bond donors (Lipinski definition) is 1. The minimum atomic E-state index is -3.63. The Kier molecular flexibility index (Phi) is 5.74. The van der Waals surface area contributed by atoms with E-state index in [4.69, 9.17) is 16.3 Å². The molecule has 1 amide bonds. The fourth-order valence-corrected chi connectivity index (χ4v) is 4.77. The number of hydrogen-bond acceptors (Lipinski definition) is 4. The second-order valence-corrected chi connectivity index (χ2v) is 8.76. The Labute approximate surface area is 164 Å². The molecule has 1 fully saturated rings. The van der Waals surface area contributed by atoms with Crippen molar-refractivity contribution in [1.29, 1.82) is 0 Å². The Hall–Kier alpha value is -2.09. The highest BCUT2D eigenvalue weighted by Crippen LogP contribution is 2.29. The molecule has 2 aromatic carbocycles. The molecule has 0 saturated carbocycles. The topological polar surface area (TPSA) is 75.7 Å². The van der Waals surface area contributed by atoms with E-state index in [0.29, 0.717) is 24.5 Å². The molecule has 0 atom stereocenters. The maximum atomic E-state index is 12.8. The van der Waals surface area contributed by atoms with Crippen LogP contribution in [0.1, 0.15) is 28.8 Å². The lowest BCUT2D eigenvalue weighted by molar-refractivity contribution is 0.102. The molecule has 27 heavy (non-hydrogen) atoms. The van der Waals surface area contributed by atoms with Crippen LogP contribution in [-0.4, -0.2) is 38.8 Å². The highest BCUT2D eigenvalue weighted by atomic mass is 35.5. The molecule has 0 aromatic heterocycles. The van der Waals surface area contributed by atoms with Gasteiger partial charge in [-0.25, -0.2) is 8.42 Å². The van der Waals surface area contributed by atoms with Crippen LogP contribution < -0.4 is 10.1 Å². The fraction of sp³-hybridized carbons (Fsp3) is 0.316. The molecule has 0 unspecified atom stereocenters. The average molecular weight is 409 g/mol. The van der Waals surface area contributed by atoms with Crippen molar-refractivity contribution in [2.45, 2.75) is 24.7 Å². The Morgan fingerprint density at radius 3 is 2.52 bits per heavy atom. The van der Waals surface area contributed by atoms with Crippen LogP contribution in [0.5, 0.6) is 5.75 Å². The van der Waals surface area contributed by atoms with E-state index >= 15 is 0 Å². The molecule has 1 heterocycles. The van der Waals surface area contributed by atoms with Gasteiger partial charge in [0.05, 0.1) is 28.3 Å². The van der Waals surface area contributed by atoms with Crippen molar-refractivity contribution >= 4 is 33.2 Å². The molecule has 144 valence electrons. The summed E-state index contributed by atoms with van der Waals surface area (Å²) in [5.41, 5.74) is 1.54. The Morgan fingerprint density at radius 2 is 1.85 bits per heavy atom. The highest BCUT2D eigenvalue weighted by Gasteiger charge is 2.28. The van der Waals surface area contributed by atoms with Gasteiger partial charge in [-0.2, -0.15) is 4.31 Å². The van der Waals surface area contributed by atoms with Crippen molar-refractivity contribution in [2.24, 2.45) is 0 Å². The summed E-state index contributed by atoms with van der Waals surface area (Å²) >= 11 is 6.17. The number of carbonyl (C=O) groups is 1. The molecule has 0 spiro atoms. The van der Waals surface area contributed by atoms with Crippen LogP contribution in [0.3, 0.4) is 0 Å². The molecule has 0 bridgehead atoms. The zero-order chi connectivity index (χ0) is 19.6. The number of amides is 1. The lowest BCUT2D eigenvalue weighted by Gasteiger charge is -2.17. The zero-order valence-electron chi connectivity index (χ0n) is 15.2. The molecule has 8 heteroatoms. The van der Waals surface area contributed by atoms with Crippen molar-refractivity contribution in [1.82, 2.24) is 4.31 Å². The standard InChI is InChI=1S/C19H21ClN2O4S/c1-13-5-8-18(26-2)17(11-13)21-19(23)15-12-14(6-7-16(15)20)27(24,25)22-9-3-4-10-22/h5-8,11-12H,3-4,9-10H2,1-2H3,(H,21,23).